The lowest BCUT2D eigenvalue weighted by Gasteiger charge is -2.34. The van der Waals surface area contributed by atoms with Gasteiger partial charge in [-0.05, 0) is 38.8 Å². The molecule has 0 aromatic heterocycles. The predicted molar refractivity (Wildman–Crippen MR) is 121 cm³/mol. The summed E-state index contributed by atoms with van der Waals surface area (Å²) in [5.41, 5.74) is 1.12. The largest absolute Gasteiger partial charge is 0.292 e. The summed E-state index contributed by atoms with van der Waals surface area (Å²) < 4.78 is 0. The zero-order valence-electron chi connectivity index (χ0n) is 18.7. The van der Waals surface area contributed by atoms with E-state index in [1.165, 1.54) is 19.1 Å². The molecule has 1 heterocycles. The van der Waals surface area contributed by atoms with Crippen LogP contribution in [0.3, 0.4) is 0 Å². The number of rotatable bonds is 6. The molecule has 4 rings (SSSR count). The number of ketones is 1. The third kappa shape index (κ3) is 4.00. The fourth-order valence-corrected chi connectivity index (χ4v) is 4.48. The lowest BCUT2D eigenvalue weighted by atomic mass is 9.82. The molecule has 174 valence electrons. The van der Waals surface area contributed by atoms with Crippen molar-refractivity contribution < 1.29 is 24.1 Å². The number of nitrogens with zero attached hydrogens (tertiary/aromatic N) is 3. The Bertz CT molecular complexity index is 1200. The van der Waals surface area contributed by atoms with Gasteiger partial charge in [-0.15, -0.1) is 0 Å². The number of hydrogen-bond acceptors (Lipinski definition) is 6. The lowest BCUT2D eigenvalue weighted by Crippen LogP contribution is -2.56. The van der Waals surface area contributed by atoms with Crippen molar-refractivity contribution in [1.29, 1.82) is 0 Å². The molecule has 1 aliphatic carbocycles. The first-order valence-corrected chi connectivity index (χ1v) is 10.9. The van der Waals surface area contributed by atoms with Crippen molar-refractivity contribution in [3.05, 3.63) is 87.5 Å². The summed E-state index contributed by atoms with van der Waals surface area (Å²) in [6.45, 7) is 3.35. The molecule has 2 aromatic carbocycles. The van der Waals surface area contributed by atoms with E-state index in [1.54, 1.807) is 30.3 Å². The molecule has 1 fully saturated rings. The Labute approximate surface area is 195 Å². The van der Waals surface area contributed by atoms with Crippen LogP contribution in [0.25, 0.3) is 0 Å². The Kier molecular flexibility index (Phi) is 6.10. The number of nitro groups is 1. The first kappa shape index (κ1) is 23.0. The normalized spacial score (nSPS) is 20.4. The highest BCUT2D eigenvalue weighted by molar-refractivity contribution is 6.10. The first-order chi connectivity index (χ1) is 16.2. The minimum Gasteiger partial charge on any atom is -0.292 e. The van der Waals surface area contributed by atoms with Gasteiger partial charge >= 0.3 is 0 Å². The summed E-state index contributed by atoms with van der Waals surface area (Å²) in [6.07, 6.45) is 2.71. The van der Waals surface area contributed by atoms with Crippen molar-refractivity contribution in [3.63, 3.8) is 0 Å². The van der Waals surface area contributed by atoms with Gasteiger partial charge in [-0.25, -0.2) is 5.01 Å². The number of benzene rings is 2. The van der Waals surface area contributed by atoms with Crippen LogP contribution in [0.2, 0.25) is 0 Å². The van der Waals surface area contributed by atoms with Crippen LogP contribution in [0.1, 0.15) is 47.4 Å². The number of Topliss-reactive ketones (excluding diaryl/α,β-unsaturated/α-hetero) is 1. The fourth-order valence-electron chi connectivity index (χ4n) is 4.48. The molecule has 0 radical (unpaired) electrons. The summed E-state index contributed by atoms with van der Waals surface area (Å²) in [5, 5.41) is 12.7. The maximum Gasteiger partial charge on any atom is 0.273 e. The van der Waals surface area contributed by atoms with Crippen molar-refractivity contribution in [1.82, 2.24) is 10.0 Å². The van der Waals surface area contributed by atoms with Crippen molar-refractivity contribution in [3.8, 4) is 0 Å². The molecule has 9 nitrogen and oxygen atoms in total. The summed E-state index contributed by atoms with van der Waals surface area (Å²) in [5.74, 6) is -3.45. The fraction of sp³-hybridized carbons (Fsp3) is 0.280. The van der Waals surface area contributed by atoms with Gasteiger partial charge in [0.25, 0.3) is 23.4 Å². The number of carbonyl (C=O) groups excluding carboxylic acids is 4. The second-order valence-corrected chi connectivity index (χ2v) is 8.55. The predicted octanol–water partition coefficient (Wildman–Crippen LogP) is 3.56. The quantitative estimate of drug-likeness (QED) is 0.213. The molecule has 2 aliphatic rings. The molecule has 3 amide bonds. The van der Waals surface area contributed by atoms with E-state index in [0.29, 0.717) is 18.4 Å². The van der Waals surface area contributed by atoms with E-state index in [4.69, 9.17) is 0 Å². The summed E-state index contributed by atoms with van der Waals surface area (Å²) >= 11 is 0. The molecule has 1 aliphatic heterocycles. The van der Waals surface area contributed by atoms with Crippen LogP contribution in [0, 0.1) is 22.0 Å². The average molecular weight is 461 g/mol. The van der Waals surface area contributed by atoms with E-state index >= 15 is 0 Å². The standard InChI is InChI=1S/C25H23N3O6/c1-15-8-13-20-21(14-15)25(32)27(24(20)31)26(16(2)22(29)17-6-4-3-5-7-17)23(30)18-9-11-19(12-10-18)28(33)34/h3-12,16,20-21H,13-14H2,1-2H3/t16-,20-,21+/m0/s1. The number of imide groups is 1. The minimum absolute atomic E-state index is 0.0167. The van der Waals surface area contributed by atoms with Crippen LogP contribution in [0.15, 0.2) is 66.2 Å². The maximum atomic E-state index is 13.6. The number of nitro benzene ring substituents is 1. The van der Waals surface area contributed by atoms with Gasteiger partial charge in [-0.3, -0.25) is 29.3 Å². The van der Waals surface area contributed by atoms with Gasteiger partial charge in [0.05, 0.1) is 16.8 Å². The zero-order valence-corrected chi connectivity index (χ0v) is 18.7. The molecule has 0 bridgehead atoms. The van der Waals surface area contributed by atoms with E-state index in [9.17, 15) is 29.3 Å². The number of carbonyl (C=O) groups is 4. The molecular formula is C25H23N3O6. The van der Waals surface area contributed by atoms with Crippen LogP contribution >= 0.6 is 0 Å². The summed E-state index contributed by atoms with van der Waals surface area (Å²) in [4.78, 5) is 63.9. The van der Waals surface area contributed by atoms with Gasteiger partial charge in [0.1, 0.15) is 6.04 Å². The average Bonchev–Trinajstić information content (AvgIpc) is 3.08. The maximum absolute atomic E-state index is 13.6. The highest BCUT2D eigenvalue weighted by Gasteiger charge is 2.53. The highest BCUT2D eigenvalue weighted by atomic mass is 16.6. The second kappa shape index (κ2) is 9.01. The molecule has 3 atom stereocenters. The van der Waals surface area contributed by atoms with Gasteiger partial charge in [-0.1, -0.05) is 42.0 Å². The molecular weight excluding hydrogens is 438 g/mol. The third-order valence-electron chi connectivity index (χ3n) is 6.35. The van der Waals surface area contributed by atoms with E-state index < -0.39 is 46.3 Å². The van der Waals surface area contributed by atoms with Crippen molar-refractivity contribution in [2.45, 2.75) is 32.7 Å². The number of hydrazine groups is 1. The smallest absolute Gasteiger partial charge is 0.273 e. The van der Waals surface area contributed by atoms with E-state index in [2.05, 4.69) is 0 Å². The Morgan fingerprint density at radius 2 is 1.62 bits per heavy atom. The summed E-state index contributed by atoms with van der Waals surface area (Å²) in [7, 11) is 0. The number of allylic oxidation sites excluding steroid dienone is 2. The molecule has 0 spiro atoms. The molecule has 0 saturated carbocycles. The van der Waals surface area contributed by atoms with Crippen LogP contribution in [0.4, 0.5) is 5.69 Å². The topological polar surface area (TPSA) is 118 Å². The van der Waals surface area contributed by atoms with Gasteiger partial charge < -0.3 is 0 Å². The Balaban J connectivity index is 1.74. The van der Waals surface area contributed by atoms with Gasteiger partial charge in [0, 0.05) is 23.3 Å². The van der Waals surface area contributed by atoms with Crippen LogP contribution in [0.5, 0.6) is 0 Å². The lowest BCUT2D eigenvalue weighted by molar-refractivity contribution is -0.384. The van der Waals surface area contributed by atoms with E-state index in [-0.39, 0.29) is 11.3 Å². The molecule has 0 N–H and O–H groups in total. The van der Waals surface area contributed by atoms with Crippen LogP contribution < -0.4 is 0 Å². The number of hydrogen-bond donors (Lipinski definition) is 0. The van der Waals surface area contributed by atoms with E-state index in [0.717, 1.165) is 27.7 Å². The number of non-ortho nitro benzene ring substituents is 1. The molecule has 1 saturated heterocycles. The zero-order chi connectivity index (χ0) is 24.6. The first-order valence-electron chi connectivity index (χ1n) is 10.9. The highest BCUT2D eigenvalue weighted by Crippen LogP contribution is 2.39. The third-order valence-corrected chi connectivity index (χ3v) is 6.35. The van der Waals surface area contributed by atoms with Gasteiger partial charge in [0.2, 0.25) is 0 Å². The minimum atomic E-state index is -1.17. The molecule has 9 heteroatoms. The Morgan fingerprint density at radius 3 is 2.24 bits per heavy atom. The number of amides is 3. The van der Waals surface area contributed by atoms with Crippen molar-refractivity contribution >= 4 is 29.2 Å². The SMILES string of the molecule is CC1=CC[C@@H]2C(=O)N(N(C(=O)c3ccc([N+](=O)[O-])cc3)[C@@H](C)C(=O)c3ccccc3)C(=O)[C@@H]2C1. The van der Waals surface area contributed by atoms with Crippen molar-refractivity contribution in [2.24, 2.45) is 11.8 Å². The van der Waals surface area contributed by atoms with Crippen molar-refractivity contribution in [2.75, 3.05) is 0 Å². The van der Waals surface area contributed by atoms with Gasteiger partial charge in [0.15, 0.2) is 5.78 Å². The van der Waals surface area contributed by atoms with E-state index in [1.807, 2.05) is 13.0 Å². The monoisotopic (exact) mass is 461 g/mol. The molecule has 34 heavy (non-hydrogen) atoms. The molecule has 2 aromatic rings. The van der Waals surface area contributed by atoms with Crippen LogP contribution in [-0.4, -0.2) is 44.5 Å². The van der Waals surface area contributed by atoms with Gasteiger partial charge in [-0.2, -0.15) is 5.01 Å². The van der Waals surface area contributed by atoms with Crippen LogP contribution in [-0.2, 0) is 9.59 Å². The number of fused-ring (bicyclic) bond motifs is 1. The summed E-state index contributed by atoms with van der Waals surface area (Å²) in [6, 6.07) is 11.9. The Morgan fingerprint density at radius 1 is 1.00 bits per heavy atom. The Hall–Kier alpha value is -4.14. The second-order valence-electron chi connectivity index (χ2n) is 8.55. The molecule has 0 unspecified atom stereocenters.